The average Bonchev–Trinajstić information content (AvgIpc) is 2.40. The summed E-state index contributed by atoms with van der Waals surface area (Å²) in [5.74, 6) is -0.335. The van der Waals surface area contributed by atoms with Gasteiger partial charge in [-0.25, -0.2) is 9.37 Å². The molecule has 0 unspecified atom stereocenters. The van der Waals surface area contributed by atoms with Crippen LogP contribution in [0.25, 0.3) is 0 Å². The fraction of sp³-hybridized carbons (Fsp3) is 0.200. The van der Waals surface area contributed by atoms with E-state index in [2.05, 4.69) is 15.6 Å². The van der Waals surface area contributed by atoms with Crippen molar-refractivity contribution in [3.63, 3.8) is 0 Å². The van der Waals surface area contributed by atoms with Gasteiger partial charge in [0.05, 0.1) is 5.02 Å². The molecule has 6 heteroatoms. The highest BCUT2D eigenvalue weighted by atomic mass is 35.5. The van der Waals surface area contributed by atoms with E-state index in [1.54, 1.807) is 25.1 Å². The van der Waals surface area contributed by atoms with Crippen LogP contribution in [0.15, 0.2) is 30.3 Å². The van der Waals surface area contributed by atoms with Crippen LogP contribution in [-0.4, -0.2) is 17.4 Å². The highest BCUT2D eigenvalue weighted by Crippen LogP contribution is 2.19. The number of amides is 1. The molecule has 0 bridgehead atoms. The number of nitrogens with one attached hydrogen (secondary N) is 2. The van der Waals surface area contributed by atoms with Crippen molar-refractivity contribution in [3.8, 4) is 0 Å². The largest absolute Gasteiger partial charge is 0.370 e. The van der Waals surface area contributed by atoms with E-state index >= 15 is 0 Å². The van der Waals surface area contributed by atoms with Crippen molar-refractivity contribution in [1.82, 2.24) is 4.98 Å². The monoisotopic (exact) mass is 307 g/mol. The van der Waals surface area contributed by atoms with Gasteiger partial charge < -0.3 is 10.6 Å². The Morgan fingerprint density at radius 3 is 2.76 bits per heavy atom. The molecule has 2 rings (SSSR count). The van der Waals surface area contributed by atoms with E-state index in [-0.39, 0.29) is 10.7 Å². The van der Waals surface area contributed by atoms with Gasteiger partial charge in [-0.1, -0.05) is 11.6 Å². The van der Waals surface area contributed by atoms with Crippen LogP contribution in [0, 0.1) is 12.7 Å². The molecule has 2 aromatic rings. The Bertz CT molecular complexity index is 656. The summed E-state index contributed by atoms with van der Waals surface area (Å²) in [6.45, 7) is 4.35. The maximum Gasteiger partial charge on any atom is 0.275 e. The van der Waals surface area contributed by atoms with Crippen LogP contribution in [0.1, 0.15) is 23.0 Å². The Hall–Kier alpha value is -2.14. The van der Waals surface area contributed by atoms with Gasteiger partial charge in [0.15, 0.2) is 0 Å². The zero-order valence-corrected chi connectivity index (χ0v) is 12.5. The highest BCUT2D eigenvalue weighted by Gasteiger charge is 2.14. The Morgan fingerprint density at radius 2 is 2.10 bits per heavy atom. The SMILES string of the molecule is CCNc1ccc(Cl)c(C(=O)Nc2cc(C)cc(F)c2)n1. The van der Waals surface area contributed by atoms with Crippen molar-refractivity contribution in [1.29, 1.82) is 0 Å². The lowest BCUT2D eigenvalue weighted by atomic mass is 10.2. The second-order valence-electron chi connectivity index (χ2n) is 4.53. The molecule has 0 fully saturated rings. The zero-order valence-electron chi connectivity index (χ0n) is 11.7. The lowest BCUT2D eigenvalue weighted by Gasteiger charge is -2.09. The van der Waals surface area contributed by atoms with Gasteiger partial charge in [0.2, 0.25) is 0 Å². The molecule has 0 saturated heterocycles. The molecule has 21 heavy (non-hydrogen) atoms. The van der Waals surface area contributed by atoms with E-state index in [1.807, 2.05) is 6.92 Å². The third-order valence-corrected chi connectivity index (χ3v) is 3.02. The maximum atomic E-state index is 13.3. The number of hydrogen-bond acceptors (Lipinski definition) is 3. The predicted molar refractivity (Wildman–Crippen MR) is 82.5 cm³/mol. The lowest BCUT2D eigenvalue weighted by Crippen LogP contribution is -2.15. The summed E-state index contributed by atoms with van der Waals surface area (Å²) in [6, 6.07) is 7.58. The molecule has 2 N–H and O–H groups in total. The topological polar surface area (TPSA) is 54.0 Å². The van der Waals surface area contributed by atoms with Crippen LogP contribution >= 0.6 is 11.6 Å². The number of hydrogen-bond donors (Lipinski definition) is 2. The minimum absolute atomic E-state index is 0.0945. The molecule has 0 saturated carbocycles. The van der Waals surface area contributed by atoms with Crippen LogP contribution in [0.3, 0.4) is 0 Å². The summed E-state index contributed by atoms with van der Waals surface area (Å²) in [5.41, 5.74) is 1.17. The summed E-state index contributed by atoms with van der Waals surface area (Å²) >= 11 is 5.99. The summed E-state index contributed by atoms with van der Waals surface area (Å²) in [4.78, 5) is 16.4. The van der Waals surface area contributed by atoms with Gasteiger partial charge in [0.25, 0.3) is 5.91 Å². The van der Waals surface area contributed by atoms with Crippen molar-refractivity contribution in [3.05, 3.63) is 52.4 Å². The molecule has 0 aliphatic rings. The first-order chi connectivity index (χ1) is 9.99. The van der Waals surface area contributed by atoms with Crippen molar-refractivity contribution >= 4 is 29.0 Å². The number of benzene rings is 1. The van der Waals surface area contributed by atoms with Gasteiger partial charge in [-0.2, -0.15) is 0 Å². The number of aromatic nitrogens is 1. The molecular weight excluding hydrogens is 293 g/mol. The van der Waals surface area contributed by atoms with Crippen LogP contribution in [0.2, 0.25) is 5.02 Å². The summed E-state index contributed by atoms with van der Waals surface area (Å²) in [5, 5.41) is 5.84. The van der Waals surface area contributed by atoms with Gasteiger partial charge in [-0.3, -0.25) is 4.79 Å². The van der Waals surface area contributed by atoms with Gasteiger partial charge in [0, 0.05) is 12.2 Å². The van der Waals surface area contributed by atoms with Crippen molar-refractivity contribution in [2.45, 2.75) is 13.8 Å². The summed E-state index contributed by atoms with van der Waals surface area (Å²) < 4.78 is 13.3. The summed E-state index contributed by atoms with van der Waals surface area (Å²) in [7, 11) is 0. The Morgan fingerprint density at radius 1 is 1.33 bits per heavy atom. The van der Waals surface area contributed by atoms with Gasteiger partial charge in [-0.15, -0.1) is 0 Å². The molecule has 0 spiro atoms. The average molecular weight is 308 g/mol. The maximum absolute atomic E-state index is 13.3. The normalized spacial score (nSPS) is 10.3. The predicted octanol–water partition coefficient (Wildman–Crippen LogP) is 3.87. The first kappa shape index (κ1) is 15.3. The second-order valence-corrected chi connectivity index (χ2v) is 4.94. The number of carbonyl (C=O) groups is 1. The molecule has 0 atom stereocenters. The third-order valence-electron chi connectivity index (χ3n) is 2.72. The van der Waals surface area contributed by atoms with E-state index in [0.717, 1.165) is 0 Å². The third kappa shape index (κ3) is 3.92. The smallest absolute Gasteiger partial charge is 0.275 e. The van der Waals surface area contributed by atoms with E-state index in [1.165, 1.54) is 12.1 Å². The number of aryl methyl sites for hydroxylation is 1. The molecule has 4 nitrogen and oxygen atoms in total. The first-order valence-electron chi connectivity index (χ1n) is 6.48. The first-order valence-corrected chi connectivity index (χ1v) is 6.86. The Labute approximate surface area is 127 Å². The van der Waals surface area contributed by atoms with Crippen molar-refractivity contribution in [2.24, 2.45) is 0 Å². The van der Waals surface area contributed by atoms with Crippen LogP contribution in [0.5, 0.6) is 0 Å². The number of anilines is 2. The molecule has 1 heterocycles. The van der Waals surface area contributed by atoms with E-state index in [0.29, 0.717) is 23.6 Å². The quantitative estimate of drug-likeness (QED) is 0.901. The molecule has 0 aliphatic carbocycles. The van der Waals surface area contributed by atoms with Gasteiger partial charge in [0.1, 0.15) is 17.3 Å². The van der Waals surface area contributed by atoms with Gasteiger partial charge in [-0.05, 0) is 49.7 Å². The molecular formula is C15H15ClFN3O. The fourth-order valence-electron chi connectivity index (χ4n) is 1.88. The molecule has 1 aromatic carbocycles. The molecule has 1 aromatic heterocycles. The minimum Gasteiger partial charge on any atom is -0.370 e. The summed E-state index contributed by atoms with van der Waals surface area (Å²) in [6.07, 6.45) is 0. The van der Waals surface area contributed by atoms with Crippen LogP contribution in [-0.2, 0) is 0 Å². The standard InChI is InChI=1S/C15H15ClFN3O/c1-3-18-13-5-4-12(16)14(20-13)15(21)19-11-7-9(2)6-10(17)8-11/h4-8H,3H2,1-2H3,(H,18,20)(H,19,21). The number of pyridine rings is 1. The van der Waals surface area contributed by atoms with Crippen molar-refractivity contribution < 1.29 is 9.18 Å². The van der Waals surface area contributed by atoms with E-state index in [4.69, 9.17) is 11.6 Å². The number of halogens is 2. The lowest BCUT2D eigenvalue weighted by molar-refractivity contribution is 0.102. The van der Waals surface area contributed by atoms with E-state index < -0.39 is 11.7 Å². The van der Waals surface area contributed by atoms with Crippen LogP contribution < -0.4 is 10.6 Å². The second kappa shape index (κ2) is 6.54. The Balaban J connectivity index is 2.25. The number of rotatable bonds is 4. The molecule has 1 amide bonds. The molecule has 0 aliphatic heterocycles. The number of nitrogens with zero attached hydrogens (tertiary/aromatic N) is 1. The van der Waals surface area contributed by atoms with E-state index in [9.17, 15) is 9.18 Å². The minimum atomic E-state index is -0.482. The van der Waals surface area contributed by atoms with Gasteiger partial charge >= 0.3 is 0 Å². The fourth-order valence-corrected chi connectivity index (χ4v) is 2.07. The van der Waals surface area contributed by atoms with Crippen molar-refractivity contribution in [2.75, 3.05) is 17.2 Å². The Kier molecular flexibility index (Phi) is 4.75. The molecule has 110 valence electrons. The zero-order chi connectivity index (χ0) is 15.4. The number of carbonyl (C=O) groups excluding carboxylic acids is 1. The molecule has 0 radical (unpaired) electrons. The highest BCUT2D eigenvalue weighted by molar-refractivity contribution is 6.34. The van der Waals surface area contributed by atoms with Crippen LogP contribution in [0.4, 0.5) is 15.9 Å².